The number of amides is 1. The summed E-state index contributed by atoms with van der Waals surface area (Å²) in [6.45, 7) is 0.509. The molecule has 8 heteroatoms. The number of benzene rings is 2. The molecular formula is C23H22N4O2S2. The molecule has 0 aliphatic rings. The predicted molar refractivity (Wildman–Crippen MR) is 125 cm³/mol. The van der Waals surface area contributed by atoms with Crippen LogP contribution >= 0.6 is 23.1 Å². The van der Waals surface area contributed by atoms with Gasteiger partial charge in [0.2, 0.25) is 5.91 Å². The Hall–Kier alpha value is -3.10. The fraction of sp³-hybridized carbons (Fsp3) is 0.174. The maximum atomic E-state index is 12.3. The number of hydrogen-bond donors (Lipinski definition) is 1. The summed E-state index contributed by atoms with van der Waals surface area (Å²) in [6, 6.07) is 21.5. The highest BCUT2D eigenvalue weighted by Crippen LogP contribution is 2.21. The van der Waals surface area contributed by atoms with Crippen molar-refractivity contribution in [3.63, 3.8) is 0 Å². The van der Waals surface area contributed by atoms with Crippen molar-refractivity contribution in [1.82, 2.24) is 14.8 Å². The van der Waals surface area contributed by atoms with Crippen molar-refractivity contribution >= 4 is 34.7 Å². The van der Waals surface area contributed by atoms with E-state index in [1.54, 1.807) is 11.3 Å². The molecular weight excluding hydrogens is 428 g/mol. The van der Waals surface area contributed by atoms with Crippen molar-refractivity contribution in [3.8, 4) is 5.75 Å². The molecule has 2 heterocycles. The molecule has 0 unspecified atom stereocenters. The Morgan fingerprint density at radius 2 is 1.87 bits per heavy atom. The zero-order valence-electron chi connectivity index (χ0n) is 17.0. The third-order valence-corrected chi connectivity index (χ3v) is 6.45. The molecule has 0 spiro atoms. The van der Waals surface area contributed by atoms with Gasteiger partial charge in [0.15, 0.2) is 5.16 Å². The molecule has 6 nitrogen and oxygen atoms in total. The number of hydrogen-bond acceptors (Lipinski definition) is 6. The van der Waals surface area contributed by atoms with E-state index >= 15 is 0 Å². The van der Waals surface area contributed by atoms with E-state index in [0.717, 1.165) is 34.4 Å². The highest BCUT2D eigenvalue weighted by atomic mass is 32.2. The highest BCUT2D eigenvalue weighted by Gasteiger charge is 2.12. The monoisotopic (exact) mass is 450 g/mol. The van der Waals surface area contributed by atoms with Crippen LogP contribution in [0.15, 0.2) is 77.3 Å². The van der Waals surface area contributed by atoms with Gasteiger partial charge in [-0.15, -0.1) is 21.5 Å². The highest BCUT2D eigenvalue weighted by molar-refractivity contribution is 7.99. The molecule has 0 atom stereocenters. The molecule has 4 aromatic rings. The Balaban J connectivity index is 1.25. The van der Waals surface area contributed by atoms with Gasteiger partial charge in [-0.05, 0) is 41.3 Å². The zero-order chi connectivity index (χ0) is 21.5. The lowest BCUT2D eigenvalue weighted by Gasteiger charge is -2.08. The number of nitrogens with zero attached hydrogens (tertiary/aromatic N) is 3. The smallest absolute Gasteiger partial charge is 0.234 e. The fourth-order valence-electron chi connectivity index (χ4n) is 2.90. The van der Waals surface area contributed by atoms with Crippen molar-refractivity contribution in [2.24, 2.45) is 7.05 Å². The molecule has 0 radical (unpaired) electrons. The van der Waals surface area contributed by atoms with Crippen molar-refractivity contribution in [2.75, 3.05) is 11.1 Å². The van der Waals surface area contributed by atoms with Crippen molar-refractivity contribution in [3.05, 3.63) is 88.4 Å². The van der Waals surface area contributed by atoms with Crippen LogP contribution in [-0.2, 0) is 24.9 Å². The minimum atomic E-state index is -0.0919. The molecule has 1 amide bonds. The first-order chi connectivity index (χ1) is 15.2. The number of aromatic nitrogens is 3. The van der Waals surface area contributed by atoms with E-state index < -0.39 is 0 Å². The van der Waals surface area contributed by atoms with Crippen molar-refractivity contribution in [1.29, 1.82) is 0 Å². The van der Waals surface area contributed by atoms with Gasteiger partial charge in [-0.2, -0.15) is 0 Å². The molecule has 0 bridgehead atoms. The van der Waals surface area contributed by atoms with Crippen LogP contribution in [0.4, 0.5) is 5.69 Å². The number of carbonyl (C=O) groups excluding carboxylic acids is 1. The molecule has 0 aliphatic carbocycles. The number of carbonyl (C=O) groups is 1. The Morgan fingerprint density at radius 3 is 2.61 bits per heavy atom. The minimum Gasteiger partial charge on any atom is -0.489 e. The second-order valence-electron chi connectivity index (χ2n) is 6.85. The summed E-state index contributed by atoms with van der Waals surface area (Å²) in [6.07, 6.45) is 0.743. The van der Waals surface area contributed by atoms with E-state index in [-0.39, 0.29) is 11.7 Å². The first-order valence-corrected chi connectivity index (χ1v) is 11.6. The Labute approximate surface area is 189 Å². The van der Waals surface area contributed by atoms with Gasteiger partial charge in [-0.1, -0.05) is 48.2 Å². The number of anilines is 1. The molecule has 0 fully saturated rings. The summed E-state index contributed by atoms with van der Waals surface area (Å²) in [5, 5.41) is 14.2. The van der Waals surface area contributed by atoms with E-state index in [4.69, 9.17) is 4.74 Å². The number of ether oxygens (including phenoxy) is 1. The fourth-order valence-corrected chi connectivity index (χ4v) is 4.33. The maximum Gasteiger partial charge on any atom is 0.234 e. The Morgan fingerprint density at radius 1 is 1.06 bits per heavy atom. The van der Waals surface area contributed by atoms with E-state index in [2.05, 4.69) is 21.6 Å². The average molecular weight is 451 g/mol. The van der Waals surface area contributed by atoms with Crippen LogP contribution in [0.2, 0.25) is 0 Å². The first-order valence-electron chi connectivity index (χ1n) is 9.77. The molecule has 4 rings (SSSR count). The van der Waals surface area contributed by atoms with E-state index in [1.807, 2.05) is 77.7 Å². The lowest BCUT2D eigenvalue weighted by atomic mass is 10.2. The summed E-state index contributed by atoms with van der Waals surface area (Å²) in [5.74, 6) is 1.81. The van der Waals surface area contributed by atoms with E-state index in [1.165, 1.54) is 16.6 Å². The molecule has 0 aliphatic heterocycles. The normalized spacial score (nSPS) is 10.7. The van der Waals surface area contributed by atoms with Gasteiger partial charge in [0, 0.05) is 24.0 Å². The maximum absolute atomic E-state index is 12.3. The summed E-state index contributed by atoms with van der Waals surface area (Å²) in [4.78, 5) is 13.6. The summed E-state index contributed by atoms with van der Waals surface area (Å²) >= 11 is 3.07. The lowest BCUT2D eigenvalue weighted by molar-refractivity contribution is -0.113. The van der Waals surface area contributed by atoms with Crippen LogP contribution in [-0.4, -0.2) is 26.4 Å². The summed E-state index contributed by atoms with van der Waals surface area (Å²) < 4.78 is 7.72. The third kappa shape index (κ3) is 5.96. The second-order valence-corrected chi connectivity index (χ2v) is 8.82. The predicted octanol–water partition coefficient (Wildman–Crippen LogP) is 4.78. The number of nitrogens with one attached hydrogen (secondary N) is 1. The first kappa shape index (κ1) is 21.1. The van der Waals surface area contributed by atoms with Crippen LogP contribution in [0, 0.1) is 0 Å². The van der Waals surface area contributed by atoms with Gasteiger partial charge in [0.05, 0.1) is 5.75 Å². The quantitative estimate of drug-likeness (QED) is 0.372. The molecule has 31 heavy (non-hydrogen) atoms. The topological polar surface area (TPSA) is 69.0 Å². The molecule has 1 N–H and O–H groups in total. The van der Waals surface area contributed by atoms with Gasteiger partial charge < -0.3 is 14.6 Å². The third-order valence-electron chi connectivity index (χ3n) is 4.56. The van der Waals surface area contributed by atoms with Crippen LogP contribution in [0.25, 0.3) is 0 Å². The van der Waals surface area contributed by atoms with E-state index in [0.29, 0.717) is 6.61 Å². The van der Waals surface area contributed by atoms with Gasteiger partial charge >= 0.3 is 0 Å². The van der Waals surface area contributed by atoms with Crippen LogP contribution in [0.5, 0.6) is 5.75 Å². The lowest BCUT2D eigenvalue weighted by Crippen LogP contribution is -2.14. The average Bonchev–Trinajstić information content (AvgIpc) is 3.43. The van der Waals surface area contributed by atoms with Crippen molar-refractivity contribution in [2.45, 2.75) is 18.2 Å². The second kappa shape index (κ2) is 10.3. The molecule has 2 aromatic heterocycles. The number of thioether (sulfide) groups is 1. The molecule has 0 saturated heterocycles. The van der Waals surface area contributed by atoms with Crippen LogP contribution in [0.3, 0.4) is 0 Å². The van der Waals surface area contributed by atoms with E-state index in [9.17, 15) is 4.79 Å². The molecule has 158 valence electrons. The van der Waals surface area contributed by atoms with Gasteiger partial charge in [0.1, 0.15) is 18.2 Å². The SMILES string of the molecule is Cn1c(Cc2cccs2)nnc1SCC(=O)Nc1ccc(OCc2ccccc2)cc1. The summed E-state index contributed by atoms with van der Waals surface area (Å²) in [5.41, 5.74) is 1.84. The molecule has 0 saturated carbocycles. The Kier molecular flexibility index (Phi) is 7.01. The van der Waals surface area contributed by atoms with Gasteiger partial charge in [-0.3, -0.25) is 4.79 Å². The summed E-state index contributed by atoms with van der Waals surface area (Å²) in [7, 11) is 1.93. The van der Waals surface area contributed by atoms with Gasteiger partial charge in [-0.25, -0.2) is 0 Å². The molecule has 2 aromatic carbocycles. The standard InChI is InChI=1S/C23H22N4O2S2/c1-27-21(14-20-8-5-13-30-20)25-26-23(27)31-16-22(28)24-18-9-11-19(12-10-18)29-15-17-6-3-2-4-7-17/h2-13H,14-16H2,1H3,(H,24,28). The van der Waals surface area contributed by atoms with Gasteiger partial charge in [0.25, 0.3) is 0 Å². The number of thiophene rings is 1. The largest absolute Gasteiger partial charge is 0.489 e. The van der Waals surface area contributed by atoms with Crippen LogP contribution in [0.1, 0.15) is 16.3 Å². The minimum absolute atomic E-state index is 0.0919. The Bertz CT molecular complexity index is 1110. The van der Waals surface area contributed by atoms with Crippen molar-refractivity contribution < 1.29 is 9.53 Å². The zero-order valence-corrected chi connectivity index (χ0v) is 18.7. The van der Waals surface area contributed by atoms with Crippen LogP contribution < -0.4 is 10.1 Å². The number of rotatable bonds is 9.